The fourth-order valence-corrected chi connectivity index (χ4v) is 4.56. The Morgan fingerprint density at radius 2 is 1.95 bits per heavy atom. The molecule has 114 valence electrons. The van der Waals surface area contributed by atoms with E-state index in [1.165, 1.54) is 6.26 Å². The Hall–Kier alpha value is -1.11. The van der Waals surface area contributed by atoms with Crippen LogP contribution in [0, 0.1) is 11.3 Å². The van der Waals surface area contributed by atoms with Crippen molar-refractivity contribution in [1.82, 2.24) is 5.32 Å². The van der Waals surface area contributed by atoms with Crippen molar-refractivity contribution in [1.29, 1.82) is 0 Å². The van der Waals surface area contributed by atoms with Gasteiger partial charge in [-0.15, -0.1) is 0 Å². The second-order valence-electron chi connectivity index (χ2n) is 6.36. The molecule has 20 heavy (non-hydrogen) atoms. The third-order valence-electron chi connectivity index (χ3n) is 4.21. The summed E-state index contributed by atoms with van der Waals surface area (Å²) in [4.78, 5) is 22.8. The Labute approximate surface area is 118 Å². The van der Waals surface area contributed by atoms with Gasteiger partial charge in [0.1, 0.15) is 9.84 Å². The Morgan fingerprint density at radius 1 is 1.30 bits per heavy atom. The lowest BCUT2D eigenvalue weighted by Gasteiger charge is -2.17. The molecule has 0 unspecified atom stereocenters. The molecule has 7 heteroatoms. The summed E-state index contributed by atoms with van der Waals surface area (Å²) in [5, 5.41) is 11.8. The van der Waals surface area contributed by atoms with Crippen LogP contribution in [0.1, 0.15) is 38.5 Å². The summed E-state index contributed by atoms with van der Waals surface area (Å²) in [6, 6.07) is -0.0855. The standard InChI is InChI=1S/C13H21NO5S/c1-20(18,19)8-13(4-5-13)7-11(15)14-10-3-2-9(6-10)12(16)17/h9-10H,2-8H2,1H3,(H,14,15)(H,16,17)/t9-,10+/m1/s1. The average molecular weight is 303 g/mol. The Balaban J connectivity index is 1.81. The average Bonchev–Trinajstić information content (AvgIpc) is 2.84. The van der Waals surface area contributed by atoms with Gasteiger partial charge in [0, 0.05) is 18.7 Å². The lowest BCUT2D eigenvalue weighted by Crippen LogP contribution is -2.35. The van der Waals surface area contributed by atoms with E-state index >= 15 is 0 Å². The Bertz CT molecular complexity index is 509. The largest absolute Gasteiger partial charge is 0.481 e. The summed E-state index contributed by atoms with van der Waals surface area (Å²) in [5.74, 6) is -1.26. The van der Waals surface area contributed by atoms with Crippen molar-refractivity contribution < 1.29 is 23.1 Å². The van der Waals surface area contributed by atoms with E-state index in [9.17, 15) is 18.0 Å². The molecule has 0 heterocycles. The number of hydrogen-bond acceptors (Lipinski definition) is 4. The molecule has 2 aliphatic carbocycles. The zero-order valence-corrected chi connectivity index (χ0v) is 12.4. The van der Waals surface area contributed by atoms with Gasteiger partial charge in [0.2, 0.25) is 5.91 Å². The first-order chi connectivity index (χ1) is 9.19. The predicted octanol–water partition coefficient (Wildman–Crippen LogP) is 0.571. The van der Waals surface area contributed by atoms with Crippen molar-refractivity contribution in [3.8, 4) is 0 Å². The SMILES string of the molecule is CS(=O)(=O)CC1(CC(=O)N[C@H]2CC[C@@H](C(=O)O)C2)CC1. The summed E-state index contributed by atoms with van der Waals surface area (Å²) in [6.07, 6.45) is 4.72. The molecule has 0 bridgehead atoms. The van der Waals surface area contributed by atoms with Crippen LogP contribution >= 0.6 is 0 Å². The summed E-state index contributed by atoms with van der Waals surface area (Å²) in [7, 11) is -3.07. The molecule has 0 saturated heterocycles. The summed E-state index contributed by atoms with van der Waals surface area (Å²) in [6.45, 7) is 0. The minimum absolute atomic E-state index is 0.0653. The number of carboxylic acids is 1. The van der Waals surface area contributed by atoms with Crippen LogP contribution in [0.25, 0.3) is 0 Å². The van der Waals surface area contributed by atoms with Crippen molar-refractivity contribution in [3.05, 3.63) is 0 Å². The lowest BCUT2D eigenvalue weighted by molar-refractivity contribution is -0.141. The molecule has 2 atom stereocenters. The third-order valence-corrected chi connectivity index (χ3v) is 5.34. The highest BCUT2D eigenvalue weighted by atomic mass is 32.2. The van der Waals surface area contributed by atoms with Gasteiger partial charge in [-0.3, -0.25) is 9.59 Å². The van der Waals surface area contributed by atoms with E-state index in [1.54, 1.807) is 0 Å². The van der Waals surface area contributed by atoms with Gasteiger partial charge in [0.25, 0.3) is 0 Å². The zero-order valence-electron chi connectivity index (χ0n) is 11.6. The zero-order chi connectivity index (χ0) is 15.0. The number of amides is 1. The maximum atomic E-state index is 12.0. The third kappa shape index (κ3) is 4.19. The molecule has 6 nitrogen and oxygen atoms in total. The van der Waals surface area contributed by atoms with Gasteiger partial charge in [0.05, 0.1) is 11.7 Å². The van der Waals surface area contributed by atoms with Crippen molar-refractivity contribution in [3.63, 3.8) is 0 Å². The molecule has 1 amide bonds. The molecule has 0 aromatic carbocycles. The molecular weight excluding hydrogens is 282 g/mol. The van der Waals surface area contributed by atoms with Crippen LogP contribution in [0.5, 0.6) is 0 Å². The van der Waals surface area contributed by atoms with E-state index in [0.29, 0.717) is 19.3 Å². The van der Waals surface area contributed by atoms with Gasteiger partial charge >= 0.3 is 5.97 Å². The quantitative estimate of drug-likeness (QED) is 0.747. The molecule has 0 aromatic heterocycles. The minimum Gasteiger partial charge on any atom is -0.481 e. The van der Waals surface area contributed by atoms with E-state index in [-0.39, 0.29) is 35.5 Å². The Morgan fingerprint density at radius 3 is 2.40 bits per heavy atom. The van der Waals surface area contributed by atoms with E-state index < -0.39 is 15.8 Å². The monoisotopic (exact) mass is 303 g/mol. The number of carboxylic acid groups (broad SMARTS) is 1. The van der Waals surface area contributed by atoms with Crippen molar-refractivity contribution >= 4 is 21.7 Å². The summed E-state index contributed by atoms with van der Waals surface area (Å²) < 4.78 is 22.7. The lowest BCUT2D eigenvalue weighted by atomic mass is 10.0. The number of carbonyl (C=O) groups is 2. The van der Waals surface area contributed by atoms with Crippen molar-refractivity contribution in [2.75, 3.05) is 12.0 Å². The molecule has 0 aromatic rings. The summed E-state index contributed by atoms with van der Waals surface area (Å²) >= 11 is 0. The minimum atomic E-state index is -3.07. The first-order valence-corrected chi connectivity index (χ1v) is 8.95. The molecule has 0 spiro atoms. The van der Waals surface area contributed by atoms with Crippen molar-refractivity contribution in [2.45, 2.75) is 44.6 Å². The molecule has 2 aliphatic rings. The maximum absolute atomic E-state index is 12.0. The molecule has 0 radical (unpaired) electrons. The highest BCUT2D eigenvalue weighted by Crippen LogP contribution is 2.49. The van der Waals surface area contributed by atoms with E-state index in [4.69, 9.17) is 5.11 Å². The topological polar surface area (TPSA) is 101 Å². The van der Waals surface area contributed by atoms with Crippen LogP contribution in [0.2, 0.25) is 0 Å². The Kier molecular flexibility index (Phi) is 4.09. The molecular formula is C13H21NO5S. The van der Waals surface area contributed by atoms with Crippen LogP contribution in [-0.2, 0) is 19.4 Å². The van der Waals surface area contributed by atoms with Crippen LogP contribution in [0.3, 0.4) is 0 Å². The molecule has 2 rings (SSSR count). The highest BCUT2D eigenvalue weighted by Gasteiger charge is 2.47. The van der Waals surface area contributed by atoms with Gasteiger partial charge in [0.15, 0.2) is 0 Å². The normalized spacial score (nSPS) is 28.1. The van der Waals surface area contributed by atoms with E-state index in [2.05, 4.69) is 5.32 Å². The van der Waals surface area contributed by atoms with Crippen LogP contribution in [-0.4, -0.2) is 43.5 Å². The second-order valence-corrected chi connectivity index (χ2v) is 8.50. The fraction of sp³-hybridized carbons (Fsp3) is 0.846. The highest BCUT2D eigenvalue weighted by molar-refractivity contribution is 7.90. The van der Waals surface area contributed by atoms with Crippen molar-refractivity contribution in [2.24, 2.45) is 11.3 Å². The number of sulfone groups is 1. The summed E-state index contributed by atoms with van der Waals surface area (Å²) in [5.41, 5.74) is -0.373. The number of carbonyl (C=O) groups excluding carboxylic acids is 1. The van der Waals surface area contributed by atoms with Gasteiger partial charge in [-0.2, -0.15) is 0 Å². The van der Waals surface area contributed by atoms with Gasteiger partial charge in [-0.05, 0) is 37.5 Å². The number of rotatable bonds is 6. The van der Waals surface area contributed by atoms with Crippen LogP contribution in [0.15, 0.2) is 0 Å². The van der Waals surface area contributed by atoms with E-state index in [1.807, 2.05) is 0 Å². The van der Waals surface area contributed by atoms with Gasteiger partial charge < -0.3 is 10.4 Å². The molecule has 0 aliphatic heterocycles. The fourth-order valence-electron chi connectivity index (χ4n) is 3.06. The van der Waals surface area contributed by atoms with E-state index in [0.717, 1.165) is 12.8 Å². The molecule has 2 fully saturated rings. The first-order valence-electron chi connectivity index (χ1n) is 6.89. The van der Waals surface area contributed by atoms with Crippen LogP contribution in [0.4, 0.5) is 0 Å². The first kappa shape index (κ1) is 15.3. The second kappa shape index (κ2) is 5.35. The number of aliphatic carboxylic acids is 1. The van der Waals surface area contributed by atoms with Gasteiger partial charge in [-0.1, -0.05) is 0 Å². The van der Waals surface area contributed by atoms with Crippen LogP contribution < -0.4 is 5.32 Å². The smallest absolute Gasteiger partial charge is 0.306 e. The number of hydrogen-bond donors (Lipinski definition) is 2. The number of nitrogens with one attached hydrogen (secondary N) is 1. The van der Waals surface area contributed by atoms with Gasteiger partial charge in [-0.25, -0.2) is 8.42 Å². The maximum Gasteiger partial charge on any atom is 0.306 e. The predicted molar refractivity (Wildman–Crippen MR) is 72.9 cm³/mol. The molecule has 2 saturated carbocycles. The molecule has 2 N–H and O–H groups in total.